The molecule has 0 bridgehead atoms. The lowest BCUT2D eigenvalue weighted by Gasteiger charge is -2.15. The number of benzene rings is 2. The van der Waals surface area contributed by atoms with Crippen LogP contribution >= 0.6 is 15.9 Å². The molecule has 0 saturated carbocycles. The number of imidazole rings is 1. The van der Waals surface area contributed by atoms with E-state index >= 15 is 0 Å². The first kappa shape index (κ1) is 19.3. The van der Waals surface area contributed by atoms with Gasteiger partial charge in [0.05, 0.1) is 17.9 Å². The monoisotopic (exact) mass is 429 g/mol. The summed E-state index contributed by atoms with van der Waals surface area (Å²) in [6.07, 6.45) is 3.06. The Morgan fingerprint density at radius 3 is 2.74 bits per heavy atom. The average Bonchev–Trinajstić information content (AvgIpc) is 3.16. The third-order valence-electron chi connectivity index (χ3n) is 4.39. The summed E-state index contributed by atoms with van der Waals surface area (Å²) < 4.78 is 14.6. The Labute approximate surface area is 166 Å². The van der Waals surface area contributed by atoms with Gasteiger partial charge in [-0.05, 0) is 36.1 Å². The van der Waals surface area contributed by atoms with Gasteiger partial charge in [-0.1, -0.05) is 59.3 Å². The Bertz CT molecular complexity index is 911. The van der Waals surface area contributed by atoms with Gasteiger partial charge < -0.3 is 10.3 Å². The highest BCUT2D eigenvalue weighted by Gasteiger charge is 2.17. The molecule has 1 amide bonds. The number of halogens is 2. The standard InChI is InChI=1S/C21H21BrFN3O/c1-2-18(21-24-13-19(26-21)15-6-4-3-5-7-15)25-20(27)11-9-14-8-10-16(22)12-17(14)23/h3-8,10,12-13,18H,2,9,11H2,1H3,(H,24,26)(H,25,27). The highest BCUT2D eigenvalue weighted by Crippen LogP contribution is 2.21. The lowest BCUT2D eigenvalue weighted by atomic mass is 10.1. The minimum Gasteiger partial charge on any atom is -0.346 e. The lowest BCUT2D eigenvalue weighted by Crippen LogP contribution is -2.29. The third-order valence-corrected chi connectivity index (χ3v) is 4.88. The second-order valence-electron chi connectivity index (χ2n) is 6.31. The fourth-order valence-corrected chi connectivity index (χ4v) is 3.21. The van der Waals surface area contributed by atoms with Gasteiger partial charge in [0, 0.05) is 10.9 Å². The van der Waals surface area contributed by atoms with Gasteiger partial charge in [0.1, 0.15) is 11.6 Å². The summed E-state index contributed by atoms with van der Waals surface area (Å²) in [4.78, 5) is 20.0. The molecule has 0 aliphatic carbocycles. The number of aromatic amines is 1. The lowest BCUT2D eigenvalue weighted by molar-refractivity contribution is -0.121. The molecule has 0 saturated heterocycles. The van der Waals surface area contributed by atoms with Crippen LogP contribution in [0, 0.1) is 5.82 Å². The molecule has 0 spiro atoms. The minimum atomic E-state index is -0.303. The zero-order valence-electron chi connectivity index (χ0n) is 15.0. The Morgan fingerprint density at radius 2 is 2.04 bits per heavy atom. The highest BCUT2D eigenvalue weighted by atomic mass is 79.9. The fraction of sp³-hybridized carbons (Fsp3) is 0.238. The summed E-state index contributed by atoms with van der Waals surface area (Å²) in [5, 5.41) is 2.98. The van der Waals surface area contributed by atoms with Crippen LogP contribution in [0.3, 0.4) is 0 Å². The van der Waals surface area contributed by atoms with Crippen molar-refractivity contribution in [3.63, 3.8) is 0 Å². The zero-order valence-corrected chi connectivity index (χ0v) is 16.6. The van der Waals surface area contributed by atoms with E-state index in [9.17, 15) is 9.18 Å². The Morgan fingerprint density at radius 1 is 1.26 bits per heavy atom. The molecule has 3 aromatic rings. The molecule has 0 radical (unpaired) electrons. The molecule has 1 aromatic heterocycles. The van der Waals surface area contributed by atoms with Crippen LogP contribution in [0.25, 0.3) is 11.3 Å². The van der Waals surface area contributed by atoms with Gasteiger partial charge in [0.2, 0.25) is 5.91 Å². The van der Waals surface area contributed by atoms with Gasteiger partial charge in [-0.2, -0.15) is 0 Å². The van der Waals surface area contributed by atoms with E-state index in [2.05, 4.69) is 31.2 Å². The first-order valence-electron chi connectivity index (χ1n) is 8.90. The minimum absolute atomic E-state index is 0.123. The number of aryl methyl sites for hydroxylation is 1. The molecule has 2 N–H and O–H groups in total. The number of carbonyl (C=O) groups is 1. The van der Waals surface area contributed by atoms with Gasteiger partial charge in [-0.25, -0.2) is 9.37 Å². The van der Waals surface area contributed by atoms with E-state index in [-0.39, 0.29) is 24.2 Å². The zero-order chi connectivity index (χ0) is 19.2. The Balaban J connectivity index is 1.61. The number of amides is 1. The number of aromatic nitrogens is 2. The molecular formula is C21H21BrFN3O. The predicted molar refractivity (Wildman–Crippen MR) is 108 cm³/mol. The van der Waals surface area contributed by atoms with Gasteiger partial charge >= 0.3 is 0 Å². The second kappa shape index (κ2) is 8.95. The number of carbonyl (C=O) groups excluding carboxylic acids is 1. The predicted octanol–water partition coefficient (Wildman–Crippen LogP) is 5.18. The van der Waals surface area contributed by atoms with E-state index in [1.54, 1.807) is 18.3 Å². The van der Waals surface area contributed by atoms with Crippen LogP contribution in [0.15, 0.2) is 59.2 Å². The quantitative estimate of drug-likeness (QED) is 0.543. The van der Waals surface area contributed by atoms with Crippen molar-refractivity contribution < 1.29 is 9.18 Å². The summed E-state index contributed by atoms with van der Waals surface area (Å²) >= 11 is 3.23. The molecule has 4 nitrogen and oxygen atoms in total. The Hall–Kier alpha value is -2.47. The van der Waals surface area contributed by atoms with Crippen molar-refractivity contribution in [2.75, 3.05) is 0 Å². The van der Waals surface area contributed by atoms with Crippen molar-refractivity contribution >= 4 is 21.8 Å². The molecule has 6 heteroatoms. The van der Waals surface area contributed by atoms with Crippen molar-refractivity contribution in [2.24, 2.45) is 0 Å². The Kier molecular flexibility index (Phi) is 6.40. The van der Waals surface area contributed by atoms with Crippen LogP contribution < -0.4 is 5.32 Å². The molecule has 2 aromatic carbocycles. The maximum absolute atomic E-state index is 13.9. The summed E-state index contributed by atoms with van der Waals surface area (Å²) in [5.41, 5.74) is 2.49. The topological polar surface area (TPSA) is 57.8 Å². The van der Waals surface area contributed by atoms with Crippen LogP contribution in [0.1, 0.15) is 37.2 Å². The number of H-pyrrole nitrogens is 1. The van der Waals surface area contributed by atoms with Crippen molar-refractivity contribution in [3.8, 4) is 11.3 Å². The van der Waals surface area contributed by atoms with Gasteiger partial charge in [0.15, 0.2) is 0 Å². The van der Waals surface area contributed by atoms with Crippen LogP contribution in [0.5, 0.6) is 0 Å². The molecule has 140 valence electrons. The average molecular weight is 430 g/mol. The van der Waals surface area contributed by atoms with Crippen LogP contribution in [-0.4, -0.2) is 15.9 Å². The van der Waals surface area contributed by atoms with E-state index in [1.807, 2.05) is 37.3 Å². The normalized spacial score (nSPS) is 12.0. The molecule has 0 aliphatic rings. The maximum Gasteiger partial charge on any atom is 0.220 e. The van der Waals surface area contributed by atoms with Gasteiger partial charge in [-0.3, -0.25) is 4.79 Å². The smallest absolute Gasteiger partial charge is 0.220 e. The van der Waals surface area contributed by atoms with E-state index in [0.717, 1.165) is 17.1 Å². The van der Waals surface area contributed by atoms with E-state index in [4.69, 9.17) is 0 Å². The van der Waals surface area contributed by atoms with E-state index in [1.165, 1.54) is 6.07 Å². The summed E-state index contributed by atoms with van der Waals surface area (Å²) in [6, 6.07) is 14.6. The van der Waals surface area contributed by atoms with Crippen LogP contribution in [0.4, 0.5) is 4.39 Å². The third kappa shape index (κ3) is 5.04. The summed E-state index contributed by atoms with van der Waals surface area (Å²) in [7, 11) is 0. The maximum atomic E-state index is 13.9. The van der Waals surface area contributed by atoms with Gasteiger partial charge in [-0.15, -0.1) is 0 Å². The summed E-state index contributed by atoms with van der Waals surface area (Å²) in [6.45, 7) is 1.99. The first-order chi connectivity index (χ1) is 13.1. The molecule has 1 heterocycles. The van der Waals surface area contributed by atoms with Crippen molar-refractivity contribution in [2.45, 2.75) is 32.2 Å². The second-order valence-corrected chi connectivity index (χ2v) is 7.23. The van der Waals surface area contributed by atoms with Crippen LogP contribution in [-0.2, 0) is 11.2 Å². The molecule has 0 aliphatic heterocycles. The van der Waals surface area contributed by atoms with Gasteiger partial charge in [0.25, 0.3) is 0 Å². The molecule has 27 heavy (non-hydrogen) atoms. The fourth-order valence-electron chi connectivity index (χ4n) is 2.88. The highest BCUT2D eigenvalue weighted by molar-refractivity contribution is 9.10. The van der Waals surface area contributed by atoms with Crippen LogP contribution in [0.2, 0.25) is 0 Å². The van der Waals surface area contributed by atoms with E-state index < -0.39 is 0 Å². The molecule has 3 rings (SSSR count). The largest absolute Gasteiger partial charge is 0.346 e. The molecule has 1 unspecified atom stereocenters. The number of hydrogen-bond donors (Lipinski definition) is 2. The molecular weight excluding hydrogens is 409 g/mol. The molecule has 1 atom stereocenters. The SMILES string of the molecule is CCC(NC(=O)CCc1ccc(Br)cc1F)c1ncc(-c2ccccc2)[nH]1. The number of rotatable bonds is 7. The number of nitrogens with zero attached hydrogens (tertiary/aromatic N) is 1. The van der Waals surface area contributed by atoms with Crippen molar-refractivity contribution in [1.82, 2.24) is 15.3 Å². The van der Waals surface area contributed by atoms with Crippen molar-refractivity contribution in [1.29, 1.82) is 0 Å². The number of nitrogens with one attached hydrogen (secondary N) is 2. The first-order valence-corrected chi connectivity index (χ1v) is 9.69. The summed E-state index contributed by atoms with van der Waals surface area (Å²) in [5.74, 6) is 0.295. The van der Waals surface area contributed by atoms with E-state index in [0.29, 0.717) is 22.9 Å². The van der Waals surface area contributed by atoms with Crippen molar-refractivity contribution in [3.05, 3.63) is 76.4 Å². The number of hydrogen-bond acceptors (Lipinski definition) is 2. The molecule has 0 fully saturated rings.